The van der Waals surface area contributed by atoms with Crippen LogP contribution in [0, 0.1) is 0 Å². The Bertz CT molecular complexity index is 1140. The number of rotatable bonds is 5. The fourth-order valence-electron chi connectivity index (χ4n) is 2.88. The summed E-state index contributed by atoms with van der Waals surface area (Å²) in [5.74, 6) is -0.667. The maximum atomic E-state index is 12.8. The number of nitrogens with one attached hydrogen (secondary N) is 1. The van der Waals surface area contributed by atoms with Gasteiger partial charge in [0.1, 0.15) is 23.7 Å². The number of ether oxygens (including phenoxy) is 1. The van der Waals surface area contributed by atoms with E-state index < -0.39 is 17.8 Å². The Morgan fingerprint density at radius 3 is 2.47 bits per heavy atom. The number of benzene rings is 2. The number of urea groups is 1. The Morgan fingerprint density at radius 1 is 1.00 bits per heavy atom. The van der Waals surface area contributed by atoms with E-state index in [1.165, 1.54) is 12.3 Å². The van der Waals surface area contributed by atoms with Crippen molar-refractivity contribution < 1.29 is 23.5 Å². The standard InChI is InChI=1S/C22H15ClN2O5/c23-19-6-2-1-4-14(19)13-30-16-9-7-15(8-10-16)25-21(27)18(20(26)24-22(25)28)12-17-5-3-11-29-17/h1-12H,13H2,(H,24,26,28)/b18-12+. The third-order valence-corrected chi connectivity index (χ3v) is 4.75. The van der Waals surface area contributed by atoms with Gasteiger partial charge in [0.25, 0.3) is 11.8 Å². The fourth-order valence-corrected chi connectivity index (χ4v) is 3.07. The first-order valence-corrected chi connectivity index (χ1v) is 9.32. The van der Waals surface area contributed by atoms with Gasteiger partial charge in [0.05, 0.1) is 12.0 Å². The van der Waals surface area contributed by atoms with Gasteiger partial charge in [0, 0.05) is 10.6 Å². The van der Waals surface area contributed by atoms with Gasteiger partial charge >= 0.3 is 6.03 Å². The molecule has 4 amide bonds. The molecule has 30 heavy (non-hydrogen) atoms. The number of hydrogen-bond acceptors (Lipinski definition) is 5. The smallest absolute Gasteiger partial charge is 0.335 e. The number of halogens is 1. The lowest BCUT2D eigenvalue weighted by Crippen LogP contribution is -2.54. The molecule has 4 rings (SSSR count). The summed E-state index contributed by atoms with van der Waals surface area (Å²) >= 11 is 6.12. The summed E-state index contributed by atoms with van der Waals surface area (Å²) in [6.45, 7) is 0.271. The van der Waals surface area contributed by atoms with Crippen molar-refractivity contribution in [3.8, 4) is 5.75 Å². The van der Waals surface area contributed by atoms with Crippen molar-refractivity contribution in [1.29, 1.82) is 0 Å². The third-order valence-electron chi connectivity index (χ3n) is 4.38. The van der Waals surface area contributed by atoms with Crippen LogP contribution in [-0.4, -0.2) is 17.8 Å². The summed E-state index contributed by atoms with van der Waals surface area (Å²) in [4.78, 5) is 38.1. The first-order chi connectivity index (χ1) is 14.5. The highest BCUT2D eigenvalue weighted by Crippen LogP contribution is 2.25. The first kappa shape index (κ1) is 19.5. The largest absolute Gasteiger partial charge is 0.489 e. The number of anilines is 1. The van der Waals surface area contributed by atoms with Crippen LogP contribution in [0.2, 0.25) is 5.02 Å². The maximum Gasteiger partial charge on any atom is 0.335 e. The van der Waals surface area contributed by atoms with Gasteiger partial charge in [-0.05, 0) is 48.5 Å². The van der Waals surface area contributed by atoms with Crippen LogP contribution in [0.4, 0.5) is 10.5 Å². The molecule has 1 aliphatic rings. The Hall–Kier alpha value is -3.84. The fraction of sp³-hybridized carbons (Fsp3) is 0.0455. The lowest BCUT2D eigenvalue weighted by molar-refractivity contribution is -0.122. The SMILES string of the molecule is O=C1NC(=O)N(c2ccc(OCc3ccccc3Cl)cc2)C(=O)/C1=C/c1ccco1. The minimum Gasteiger partial charge on any atom is -0.489 e. The molecule has 8 heteroatoms. The average Bonchev–Trinajstić information content (AvgIpc) is 3.25. The van der Waals surface area contributed by atoms with Crippen molar-refractivity contribution in [1.82, 2.24) is 5.32 Å². The summed E-state index contributed by atoms with van der Waals surface area (Å²) in [5, 5.41) is 2.76. The molecule has 0 spiro atoms. The molecule has 3 aromatic rings. The Labute approximate surface area is 176 Å². The van der Waals surface area contributed by atoms with Crippen LogP contribution in [0.1, 0.15) is 11.3 Å². The molecule has 0 bridgehead atoms. The van der Waals surface area contributed by atoms with Crippen molar-refractivity contribution in [2.24, 2.45) is 0 Å². The molecule has 1 fully saturated rings. The van der Waals surface area contributed by atoms with Crippen LogP contribution in [0.15, 0.2) is 76.9 Å². The predicted octanol–water partition coefficient (Wildman–Crippen LogP) is 4.18. The van der Waals surface area contributed by atoms with Crippen molar-refractivity contribution in [2.45, 2.75) is 6.61 Å². The highest BCUT2D eigenvalue weighted by atomic mass is 35.5. The van der Waals surface area contributed by atoms with Crippen molar-refractivity contribution in [3.63, 3.8) is 0 Å². The zero-order chi connectivity index (χ0) is 21.1. The molecule has 1 aliphatic heterocycles. The van der Waals surface area contributed by atoms with Crippen molar-refractivity contribution in [3.05, 3.63) is 88.8 Å². The molecule has 1 saturated heterocycles. The molecule has 0 unspecified atom stereocenters. The normalized spacial score (nSPS) is 15.4. The van der Waals surface area contributed by atoms with Crippen LogP contribution >= 0.6 is 11.6 Å². The van der Waals surface area contributed by atoms with Gasteiger partial charge < -0.3 is 9.15 Å². The highest BCUT2D eigenvalue weighted by Gasteiger charge is 2.37. The Balaban J connectivity index is 1.52. The number of hydrogen-bond donors (Lipinski definition) is 1. The third kappa shape index (κ3) is 3.97. The summed E-state index contributed by atoms with van der Waals surface area (Å²) < 4.78 is 10.9. The molecule has 2 heterocycles. The number of carbonyl (C=O) groups excluding carboxylic acids is 3. The maximum absolute atomic E-state index is 12.8. The number of carbonyl (C=O) groups is 3. The molecule has 0 aliphatic carbocycles. The molecule has 1 N–H and O–H groups in total. The van der Waals surface area contributed by atoms with Gasteiger partial charge in [-0.2, -0.15) is 0 Å². The quantitative estimate of drug-likeness (QED) is 0.492. The molecule has 0 radical (unpaired) electrons. The number of barbiturate groups is 1. The second-order valence-electron chi connectivity index (χ2n) is 6.35. The molecule has 2 aromatic carbocycles. The lowest BCUT2D eigenvalue weighted by atomic mass is 10.1. The van der Waals surface area contributed by atoms with E-state index in [1.807, 2.05) is 18.2 Å². The first-order valence-electron chi connectivity index (χ1n) is 8.94. The van der Waals surface area contributed by atoms with Crippen LogP contribution in [0.3, 0.4) is 0 Å². The molecule has 1 aromatic heterocycles. The molecular formula is C22H15ClN2O5. The number of amides is 4. The van der Waals surface area contributed by atoms with E-state index in [4.69, 9.17) is 20.8 Å². The zero-order valence-electron chi connectivity index (χ0n) is 15.5. The van der Waals surface area contributed by atoms with E-state index in [2.05, 4.69) is 5.32 Å². The van der Waals surface area contributed by atoms with E-state index in [-0.39, 0.29) is 12.2 Å². The van der Waals surface area contributed by atoms with Crippen LogP contribution in [0.5, 0.6) is 5.75 Å². The van der Waals surface area contributed by atoms with Crippen LogP contribution in [-0.2, 0) is 16.2 Å². The summed E-state index contributed by atoms with van der Waals surface area (Å²) in [6, 6.07) is 16.1. The van der Waals surface area contributed by atoms with Gasteiger partial charge in [-0.1, -0.05) is 29.8 Å². The second-order valence-corrected chi connectivity index (χ2v) is 6.75. The van der Waals surface area contributed by atoms with Crippen LogP contribution in [0.25, 0.3) is 6.08 Å². The molecule has 0 saturated carbocycles. The second kappa shape index (κ2) is 8.26. The monoisotopic (exact) mass is 422 g/mol. The van der Waals surface area contributed by atoms with Crippen molar-refractivity contribution >= 4 is 41.2 Å². The summed E-state index contributed by atoms with van der Waals surface area (Å²) in [5.41, 5.74) is 0.920. The molecule has 0 atom stereocenters. The number of nitrogens with zero attached hydrogens (tertiary/aromatic N) is 1. The van der Waals surface area contributed by atoms with Gasteiger partial charge in [-0.3, -0.25) is 14.9 Å². The van der Waals surface area contributed by atoms with Crippen LogP contribution < -0.4 is 15.0 Å². The van der Waals surface area contributed by atoms with Gasteiger partial charge in [0.2, 0.25) is 0 Å². The topological polar surface area (TPSA) is 88.9 Å². The summed E-state index contributed by atoms with van der Waals surface area (Å²) in [6.07, 6.45) is 2.71. The van der Waals surface area contributed by atoms with E-state index in [0.29, 0.717) is 22.2 Å². The number of furan rings is 1. The molecule has 7 nitrogen and oxygen atoms in total. The van der Waals surface area contributed by atoms with E-state index in [1.54, 1.807) is 42.5 Å². The minimum absolute atomic E-state index is 0.205. The predicted molar refractivity (Wildman–Crippen MR) is 110 cm³/mol. The lowest BCUT2D eigenvalue weighted by Gasteiger charge is -2.26. The Kier molecular flexibility index (Phi) is 5.36. The highest BCUT2D eigenvalue weighted by molar-refractivity contribution is 6.39. The average molecular weight is 423 g/mol. The van der Waals surface area contributed by atoms with Gasteiger partial charge in [0.15, 0.2) is 0 Å². The molecular weight excluding hydrogens is 408 g/mol. The number of imide groups is 2. The summed E-state index contributed by atoms with van der Waals surface area (Å²) in [7, 11) is 0. The Morgan fingerprint density at radius 2 is 1.77 bits per heavy atom. The molecule has 150 valence electrons. The van der Waals surface area contributed by atoms with Gasteiger partial charge in [-0.15, -0.1) is 0 Å². The van der Waals surface area contributed by atoms with E-state index in [9.17, 15) is 14.4 Å². The zero-order valence-corrected chi connectivity index (χ0v) is 16.3. The van der Waals surface area contributed by atoms with E-state index >= 15 is 0 Å². The van der Waals surface area contributed by atoms with E-state index in [0.717, 1.165) is 10.5 Å². The minimum atomic E-state index is -0.827. The van der Waals surface area contributed by atoms with Gasteiger partial charge in [-0.25, -0.2) is 9.69 Å². The van der Waals surface area contributed by atoms with Crippen molar-refractivity contribution in [2.75, 3.05) is 4.90 Å².